The Kier molecular flexibility index (Phi) is 3.47. The quantitative estimate of drug-likeness (QED) is 0.671. The highest BCUT2D eigenvalue weighted by Gasteiger charge is 2.11. The normalized spacial score (nSPS) is 11.0. The molecule has 21 heavy (non-hydrogen) atoms. The maximum absolute atomic E-state index is 6.39. The first-order valence-corrected chi connectivity index (χ1v) is 7.25. The van der Waals surface area contributed by atoms with Crippen LogP contribution in [0.15, 0.2) is 30.6 Å². The number of pyridine rings is 1. The number of nitrogens with one attached hydrogen (secondary N) is 2. The largest absolute Gasteiger partial charge is 0.397 e. The molecule has 0 aliphatic carbocycles. The van der Waals surface area contributed by atoms with Crippen LogP contribution in [0.1, 0.15) is 18.2 Å². The van der Waals surface area contributed by atoms with Crippen LogP contribution in [0.4, 0.5) is 17.1 Å². The lowest BCUT2D eigenvalue weighted by Gasteiger charge is -2.10. The smallest absolute Gasteiger partial charge is 0.0804 e. The van der Waals surface area contributed by atoms with Gasteiger partial charge in [0.05, 0.1) is 28.1 Å². The number of nitrogens with zero attached hydrogens (tertiary/aromatic N) is 1. The summed E-state index contributed by atoms with van der Waals surface area (Å²) in [4.78, 5) is 7.43. The number of benzene rings is 1. The van der Waals surface area contributed by atoms with Gasteiger partial charge in [0.15, 0.2) is 0 Å². The highest BCUT2D eigenvalue weighted by Crippen LogP contribution is 2.33. The lowest BCUT2D eigenvalue weighted by molar-refractivity contribution is 1.11. The van der Waals surface area contributed by atoms with Crippen molar-refractivity contribution in [3.8, 4) is 0 Å². The van der Waals surface area contributed by atoms with Crippen molar-refractivity contribution in [3.05, 3.63) is 46.9 Å². The summed E-state index contributed by atoms with van der Waals surface area (Å²) >= 11 is 6.39. The van der Waals surface area contributed by atoms with Crippen molar-refractivity contribution < 1.29 is 0 Å². The van der Waals surface area contributed by atoms with E-state index in [9.17, 15) is 0 Å². The summed E-state index contributed by atoms with van der Waals surface area (Å²) < 4.78 is 0. The predicted octanol–water partition coefficient (Wildman–Crippen LogP) is 4.41. The fraction of sp³-hybridized carbons (Fsp3) is 0.188. The average Bonchev–Trinajstić information content (AvgIpc) is 2.78. The summed E-state index contributed by atoms with van der Waals surface area (Å²) in [5.41, 5.74) is 11.7. The Morgan fingerprint density at radius 3 is 2.90 bits per heavy atom. The lowest BCUT2D eigenvalue weighted by atomic mass is 10.1. The van der Waals surface area contributed by atoms with E-state index in [0.29, 0.717) is 10.7 Å². The van der Waals surface area contributed by atoms with E-state index in [1.165, 1.54) is 5.56 Å². The third-order valence-electron chi connectivity index (χ3n) is 3.67. The molecule has 3 aromatic rings. The number of nitrogen functional groups attached to an aromatic ring is 1. The van der Waals surface area contributed by atoms with Crippen LogP contribution >= 0.6 is 11.6 Å². The van der Waals surface area contributed by atoms with Crippen LogP contribution in [0.3, 0.4) is 0 Å². The summed E-state index contributed by atoms with van der Waals surface area (Å²) in [6.07, 6.45) is 4.33. The standard InChI is InChI=1S/C16H17ClN4/c1-3-11-9(2)20-16-12(11)6-10(7-13(16)17)21-15-8-19-5-4-14(15)18/h4-8,20-21H,3H2,1-2H3,(H2,18,19). The summed E-state index contributed by atoms with van der Waals surface area (Å²) in [7, 11) is 0. The van der Waals surface area contributed by atoms with Gasteiger partial charge in [0, 0.05) is 23.0 Å². The van der Waals surface area contributed by atoms with Crippen molar-refractivity contribution in [1.82, 2.24) is 9.97 Å². The van der Waals surface area contributed by atoms with Gasteiger partial charge in [0.1, 0.15) is 0 Å². The Balaban J connectivity index is 2.10. The number of halogens is 1. The molecule has 0 aliphatic heterocycles. The van der Waals surface area contributed by atoms with E-state index in [4.69, 9.17) is 17.3 Å². The third kappa shape index (κ3) is 2.43. The molecule has 0 amide bonds. The molecule has 3 rings (SSSR count). The van der Waals surface area contributed by atoms with Crippen LogP contribution in [0.2, 0.25) is 5.02 Å². The van der Waals surface area contributed by atoms with Gasteiger partial charge in [-0.3, -0.25) is 4.98 Å². The maximum Gasteiger partial charge on any atom is 0.0804 e. The Morgan fingerprint density at radius 1 is 1.38 bits per heavy atom. The van der Waals surface area contributed by atoms with Crippen molar-refractivity contribution in [2.45, 2.75) is 20.3 Å². The molecule has 5 heteroatoms. The fourth-order valence-electron chi connectivity index (χ4n) is 2.63. The molecule has 0 saturated carbocycles. The minimum Gasteiger partial charge on any atom is -0.397 e. The van der Waals surface area contributed by atoms with Crippen molar-refractivity contribution in [3.63, 3.8) is 0 Å². The van der Waals surface area contributed by atoms with E-state index in [1.807, 2.05) is 6.07 Å². The van der Waals surface area contributed by atoms with Gasteiger partial charge in [0.25, 0.3) is 0 Å². The Bertz CT molecular complexity index is 807. The fourth-order valence-corrected chi connectivity index (χ4v) is 2.90. The van der Waals surface area contributed by atoms with Crippen LogP contribution in [0, 0.1) is 6.92 Å². The molecule has 4 N–H and O–H groups in total. The van der Waals surface area contributed by atoms with Crippen molar-refractivity contribution in [1.29, 1.82) is 0 Å². The molecule has 0 aliphatic rings. The van der Waals surface area contributed by atoms with Gasteiger partial charge in [-0.1, -0.05) is 18.5 Å². The molecule has 0 unspecified atom stereocenters. The van der Waals surface area contributed by atoms with Crippen molar-refractivity contribution in [2.24, 2.45) is 0 Å². The molecule has 108 valence electrons. The van der Waals surface area contributed by atoms with Gasteiger partial charge >= 0.3 is 0 Å². The van der Waals surface area contributed by atoms with E-state index in [2.05, 4.69) is 35.2 Å². The van der Waals surface area contributed by atoms with Gasteiger partial charge in [0.2, 0.25) is 0 Å². The number of anilines is 3. The monoisotopic (exact) mass is 300 g/mol. The number of aromatic nitrogens is 2. The second kappa shape index (κ2) is 5.30. The van der Waals surface area contributed by atoms with Crippen LogP contribution < -0.4 is 11.1 Å². The zero-order chi connectivity index (χ0) is 15.0. The molecule has 2 aromatic heterocycles. The molecule has 0 spiro atoms. The van der Waals surface area contributed by atoms with E-state index >= 15 is 0 Å². The highest BCUT2D eigenvalue weighted by molar-refractivity contribution is 6.35. The SMILES string of the molecule is CCc1c(C)[nH]c2c(Cl)cc(Nc3cnccc3N)cc12. The van der Waals surface area contributed by atoms with Crippen LogP contribution in [-0.2, 0) is 6.42 Å². The number of hydrogen-bond donors (Lipinski definition) is 3. The first kappa shape index (κ1) is 13.8. The number of nitrogens with two attached hydrogens (primary N) is 1. The second-order valence-electron chi connectivity index (χ2n) is 5.05. The molecule has 0 radical (unpaired) electrons. The Hall–Kier alpha value is -2.20. The third-order valence-corrected chi connectivity index (χ3v) is 3.97. The molecule has 0 saturated heterocycles. The molecule has 1 aromatic carbocycles. The average molecular weight is 301 g/mol. The molecule has 4 nitrogen and oxygen atoms in total. The zero-order valence-electron chi connectivity index (χ0n) is 12.0. The molecular formula is C16H17ClN4. The molecule has 0 fully saturated rings. The second-order valence-corrected chi connectivity index (χ2v) is 5.46. The van der Waals surface area contributed by atoms with Crippen molar-refractivity contribution >= 4 is 39.6 Å². The van der Waals surface area contributed by atoms with Crippen LogP contribution in [-0.4, -0.2) is 9.97 Å². The first-order valence-electron chi connectivity index (χ1n) is 6.87. The minimum absolute atomic E-state index is 0.655. The van der Waals surface area contributed by atoms with E-state index in [0.717, 1.165) is 34.4 Å². The highest BCUT2D eigenvalue weighted by atomic mass is 35.5. The molecule has 0 bridgehead atoms. The number of aromatic amines is 1. The predicted molar refractivity (Wildman–Crippen MR) is 89.4 cm³/mol. The number of aryl methyl sites for hydroxylation is 2. The van der Waals surface area contributed by atoms with Crippen molar-refractivity contribution in [2.75, 3.05) is 11.1 Å². The summed E-state index contributed by atoms with van der Waals surface area (Å²) in [6.45, 7) is 4.21. The van der Waals surface area contributed by atoms with E-state index in [-0.39, 0.29) is 0 Å². The zero-order valence-corrected chi connectivity index (χ0v) is 12.8. The summed E-state index contributed by atoms with van der Waals surface area (Å²) in [6, 6.07) is 5.75. The summed E-state index contributed by atoms with van der Waals surface area (Å²) in [5.74, 6) is 0. The van der Waals surface area contributed by atoms with Gasteiger partial charge in [-0.25, -0.2) is 0 Å². The number of hydrogen-bond acceptors (Lipinski definition) is 3. The molecule has 0 atom stereocenters. The van der Waals surface area contributed by atoms with Gasteiger partial charge < -0.3 is 16.0 Å². The number of rotatable bonds is 3. The summed E-state index contributed by atoms with van der Waals surface area (Å²) in [5, 5.41) is 5.12. The van der Waals surface area contributed by atoms with Crippen LogP contribution in [0.25, 0.3) is 10.9 Å². The van der Waals surface area contributed by atoms with Gasteiger partial charge in [-0.15, -0.1) is 0 Å². The van der Waals surface area contributed by atoms with E-state index < -0.39 is 0 Å². The van der Waals surface area contributed by atoms with E-state index in [1.54, 1.807) is 18.5 Å². The van der Waals surface area contributed by atoms with Gasteiger partial charge in [-0.2, -0.15) is 0 Å². The van der Waals surface area contributed by atoms with Crippen LogP contribution in [0.5, 0.6) is 0 Å². The lowest BCUT2D eigenvalue weighted by Crippen LogP contribution is -1.97. The van der Waals surface area contributed by atoms with Gasteiger partial charge in [-0.05, 0) is 37.1 Å². The molecule has 2 heterocycles. The minimum atomic E-state index is 0.655. The maximum atomic E-state index is 6.39. The first-order chi connectivity index (χ1) is 10.1. The topological polar surface area (TPSA) is 66.7 Å². The number of H-pyrrole nitrogens is 1. The molecular weight excluding hydrogens is 284 g/mol. The number of fused-ring (bicyclic) bond motifs is 1. The Morgan fingerprint density at radius 2 is 2.19 bits per heavy atom. The Labute approximate surface area is 128 Å².